The van der Waals surface area contributed by atoms with E-state index in [0.717, 1.165) is 46.3 Å². The van der Waals surface area contributed by atoms with Crippen LogP contribution in [0.1, 0.15) is 5.56 Å². The zero-order valence-electron chi connectivity index (χ0n) is 17.3. The van der Waals surface area contributed by atoms with Crippen molar-refractivity contribution in [2.75, 3.05) is 24.0 Å². The van der Waals surface area contributed by atoms with Gasteiger partial charge in [-0.1, -0.05) is 17.7 Å². The van der Waals surface area contributed by atoms with Crippen LogP contribution in [-0.2, 0) is 14.8 Å². The van der Waals surface area contributed by atoms with Crippen molar-refractivity contribution in [3.63, 3.8) is 0 Å². The Hall–Kier alpha value is -3.46. The van der Waals surface area contributed by atoms with Gasteiger partial charge in [0, 0.05) is 0 Å². The first-order valence-electron chi connectivity index (χ1n) is 9.76. The van der Waals surface area contributed by atoms with Crippen molar-refractivity contribution in [2.24, 2.45) is 0 Å². The molecular weight excluding hydrogens is 438 g/mol. The number of ether oxygens (including phenoxy) is 1. The van der Waals surface area contributed by atoms with Crippen molar-refractivity contribution in [3.8, 4) is 5.75 Å². The second kappa shape index (κ2) is 10.2. The second-order valence-corrected chi connectivity index (χ2v) is 8.82. The van der Waals surface area contributed by atoms with E-state index in [0.29, 0.717) is 5.75 Å². The van der Waals surface area contributed by atoms with Gasteiger partial charge in [-0.2, -0.15) is 0 Å². The molecule has 6 nitrogen and oxygen atoms in total. The number of hydrogen-bond acceptors (Lipinski definition) is 4. The summed E-state index contributed by atoms with van der Waals surface area (Å²) in [7, 11) is -4.20. The zero-order chi connectivity index (χ0) is 23.1. The Bertz CT molecular complexity index is 1150. The lowest BCUT2D eigenvalue weighted by molar-refractivity contribution is -0.119. The Morgan fingerprint density at radius 2 is 1.47 bits per heavy atom. The fourth-order valence-corrected chi connectivity index (χ4v) is 4.26. The molecule has 168 valence electrons. The molecule has 0 spiro atoms. The number of halogens is 2. The van der Waals surface area contributed by atoms with Gasteiger partial charge in [0.1, 0.15) is 30.5 Å². The molecule has 1 N–H and O–H groups in total. The molecular formula is C23H22F2N2O4S. The predicted octanol–water partition coefficient (Wildman–Crippen LogP) is 3.66. The fourth-order valence-electron chi connectivity index (χ4n) is 2.84. The summed E-state index contributed by atoms with van der Waals surface area (Å²) in [5.41, 5.74) is 1.19. The monoisotopic (exact) mass is 460 g/mol. The molecule has 3 aromatic carbocycles. The van der Waals surface area contributed by atoms with Crippen LogP contribution in [0.5, 0.6) is 5.75 Å². The van der Waals surface area contributed by atoms with Gasteiger partial charge in [-0.3, -0.25) is 9.10 Å². The lowest BCUT2D eigenvalue weighted by Gasteiger charge is -2.24. The smallest absolute Gasteiger partial charge is 0.264 e. The van der Waals surface area contributed by atoms with Crippen molar-refractivity contribution in [3.05, 3.63) is 90.0 Å². The highest BCUT2D eigenvalue weighted by molar-refractivity contribution is 7.92. The van der Waals surface area contributed by atoms with Crippen LogP contribution in [0.3, 0.4) is 0 Å². The summed E-state index contributed by atoms with van der Waals surface area (Å²) in [5.74, 6) is -1.07. The maximum absolute atomic E-state index is 13.3. The molecule has 0 aliphatic carbocycles. The Morgan fingerprint density at radius 3 is 2.06 bits per heavy atom. The Kier molecular flexibility index (Phi) is 7.42. The topological polar surface area (TPSA) is 75.7 Å². The Balaban J connectivity index is 1.69. The average Bonchev–Trinajstić information content (AvgIpc) is 2.77. The first-order valence-corrected chi connectivity index (χ1v) is 11.2. The molecule has 9 heteroatoms. The number of rotatable bonds is 9. The van der Waals surface area contributed by atoms with Crippen LogP contribution in [0.25, 0.3) is 0 Å². The van der Waals surface area contributed by atoms with Gasteiger partial charge >= 0.3 is 0 Å². The van der Waals surface area contributed by atoms with Gasteiger partial charge in [-0.25, -0.2) is 17.2 Å². The second-order valence-electron chi connectivity index (χ2n) is 6.95. The van der Waals surface area contributed by atoms with E-state index in [1.807, 2.05) is 31.2 Å². The summed E-state index contributed by atoms with van der Waals surface area (Å²) in [6.07, 6.45) is 0. The first kappa shape index (κ1) is 23.2. The third kappa shape index (κ3) is 6.04. The number of sulfonamides is 1. The largest absolute Gasteiger partial charge is 0.492 e. The number of nitrogens with one attached hydrogen (secondary N) is 1. The van der Waals surface area contributed by atoms with Crippen LogP contribution in [0.4, 0.5) is 14.5 Å². The third-order valence-corrected chi connectivity index (χ3v) is 6.31. The molecule has 0 bridgehead atoms. The first-order chi connectivity index (χ1) is 15.3. The minimum atomic E-state index is -4.20. The molecule has 3 rings (SSSR count). The summed E-state index contributed by atoms with van der Waals surface area (Å²) < 4.78 is 59.2. The van der Waals surface area contributed by atoms with Crippen LogP contribution >= 0.6 is 0 Å². The molecule has 0 aromatic heterocycles. The van der Waals surface area contributed by atoms with Crippen LogP contribution in [-0.4, -0.2) is 34.0 Å². The van der Waals surface area contributed by atoms with Crippen LogP contribution in [0.15, 0.2) is 77.7 Å². The van der Waals surface area contributed by atoms with Crippen molar-refractivity contribution >= 4 is 21.6 Å². The Morgan fingerprint density at radius 1 is 0.906 bits per heavy atom. The minimum absolute atomic E-state index is 0.0989. The molecule has 0 heterocycles. The van der Waals surface area contributed by atoms with E-state index in [4.69, 9.17) is 4.74 Å². The van der Waals surface area contributed by atoms with Gasteiger partial charge in [0.2, 0.25) is 5.91 Å². The van der Waals surface area contributed by atoms with E-state index < -0.39 is 34.1 Å². The van der Waals surface area contributed by atoms with Crippen molar-refractivity contribution in [2.45, 2.75) is 11.8 Å². The minimum Gasteiger partial charge on any atom is -0.492 e. The van der Waals surface area contributed by atoms with Crippen LogP contribution in [0, 0.1) is 18.6 Å². The van der Waals surface area contributed by atoms with E-state index in [1.54, 1.807) is 0 Å². The lowest BCUT2D eigenvalue weighted by Crippen LogP contribution is -2.41. The molecule has 1 amide bonds. The number of carbonyl (C=O) groups is 1. The van der Waals surface area contributed by atoms with Gasteiger partial charge < -0.3 is 10.1 Å². The molecule has 0 atom stereocenters. The number of hydrogen-bond donors (Lipinski definition) is 1. The van der Waals surface area contributed by atoms with Crippen LogP contribution < -0.4 is 14.4 Å². The summed E-state index contributed by atoms with van der Waals surface area (Å²) >= 11 is 0. The predicted molar refractivity (Wildman–Crippen MR) is 117 cm³/mol. The third-order valence-electron chi connectivity index (χ3n) is 4.52. The SMILES string of the molecule is Cc1ccc(OCCNC(=O)CN(c2ccc(F)cc2)S(=O)(=O)c2ccc(F)cc2)cc1. The quantitative estimate of drug-likeness (QED) is 0.495. The molecule has 0 saturated carbocycles. The highest BCUT2D eigenvalue weighted by Crippen LogP contribution is 2.24. The number of amides is 1. The number of benzene rings is 3. The van der Waals surface area contributed by atoms with Gasteiger partial charge in [0.25, 0.3) is 10.0 Å². The van der Waals surface area contributed by atoms with E-state index in [1.165, 1.54) is 12.1 Å². The van der Waals surface area contributed by atoms with Crippen molar-refractivity contribution in [1.29, 1.82) is 0 Å². The highest BCUT2D eigenvalue weighted by atomic mass is 32.2. The standard InChI is InChI=1S/C23H22F2N2O4S/c1-17-2-10-21(11-3-17)31-15-14-26-23(28)16-27(20-8-4-18(24)5-9-20)32(29,30)22-12-6-19(25)7-13-22/h2-13H,14-16H2,1H3,(H,26,28). The van der Waals surface area contributed by atoms with Gasteiger partial charge in [0.05, 0.1) is 17.1 Å². The summed E-state index contributed by atoms with van der Waals surface area (Å²) in [6, 6.07) is 16.3. The molecule has 0 fully saturated rings. The summed E-state index contributed by atoms with van der Waals surface area (Å²) in [5, 5.41) is 2.60. The van der Waals surface area contributed by atoms with Gasteiger partial charge in [-0.15, -0.1) is 0 Å². The van der Waals surface area contributed by atoms with E-state index in [9.17, 15) is 22.0 Å². The van der Waals surface area contributed by atoms with Crippen molar-refractivity contribution < 1.29 is 26.7 Å². The number of nitrogens with zero attached hydrogens (tertiary/aromatic N) is 1. The van der Waals surface area contributed by atoms with E-state index >= 15 is 0 Å². The average molecular weight is 461 g/mol. The normalized spacial score (nSPS) is 11.1. The lowest BCUT2D eigenvalue weighted by atomic mass is 10.2. The molecule has 0 radical (unpaired) electrons. The van der Waals surface area contributed by atoms with E-state index in [-0.39, 0.29) is 23.7 Å². The number of anilines is 1. The zero-order valence-corrected chi connectivity index (χ0v) is 18.1. The Labute approximate surface area is 185 Å². The van der Waals surface area contributed by atoms with Crippen molar-refractivity contribution in [1.82, 2.24) is 5.32 Å². The molecule has 32 heavy (non-hydrogen) atoms. The molecule has 0 aliphatic heterocycles. The summed E-state index contributed by atoms with van der Waals surface area (Å²) in [4.78, 5) is 12.3. The maximum atomic E-state index is 13.3. The maximum Gasteiger partial charge on any atom is 0.264 e. The van der Waals surface area contributed by atoms with E-state index in [2.05, 4.69) is 5.32 Å². The van der Waals surface area contributed by atoms with Gasteiger partial charge in [0.15, 0.2) is 0 Å². The summed E-state index contributed by atoms with van der Waals surface area (Å²) in [6.45, 7) is 1.75. The molecule has 0 saturated heterocycles. The number of carbonyl (C=O) groups excluding carboxylic acids is 1. The fraction of sp³-hybridized carbons (Fsp3) is 0.174. The van der Waals surface area contributed by atoms with Gasteiger partial charge in [-0.05, 0) is 67.6 Å². The number of aryl methyl sites for hydroxylation is 1. The molecule has 0 aliphatic rings. The molecule has 3 aromatic rings. The molecule has 0 unspecified atom stereocenters. The highest BCUT2D eigenvalue weighted by Gasteiger charge is 2.27. The van der Waals surface area contributed by atoms with Crippen LogP contribution in [0.2, 0.25) is 0 Å².